The van der Waals surface area contributed by atoms with Crippen LogP contribution in [-0.2, 0) is 57.5 Å². The Morgan fingerprint density at radius 2 is 1.05 bits per heavy atom. The van der Waals surface area contributed by atoms with Crippen LogP contribution in [0, 0.1) is 29.6 Å². The molecule has 12 atom stereocenters. The van der Waals surface area contributed by atoms with Crippen LogP contribution in [0.2, 0.25) is 0 Å². The number of unbranched alkanes of at least 4 members (excludes halogenated alkanes) is 6. The molecule has 1 heterocycles. The fourth-order valence-corrected chi connectivity index (χ4v) is 8.97. The summed E-state index contributed by atoms with van der Waals surface area (Å²) in [5.41, 5.74) is 0. The molecule has 1 saturated heterocycles. The zero-order valence-electron chi connectivity index (χ0n) is 49.9. The number of aliphatic carboxylic acids is 1. The lowest BCUT2D eigenvalue weighted by molar-refractivity contribution is -0.158. The number of carbonyl (C=O) groups is 11. The van der Waals surface area contributed by atoms with E-state index in [0.717, 1.165) is 38.5 Å². The highest BCUT2D eigenvalue weighted by Crippen LogP contribution is 2.17. The van der Waals surface area contributed by atoms with Crippen LogP contribution in [0.4, 0.5) is 0 Å². The van der Waals surface area contributed by atoms with E-state index in [2.05, 4.69) is 54.8 Å². The molecule has 0 unspecified atom stereocenters. The second-order valence-electron chi connectivity index (χ2n) is 23.1. The smallest absolute Gasteiger partial charge is 0.329 e. The van der Waals surface area contributed by atoms with Crippen molar-refractivity contribution in [3.05, 3.63) is 0 Å². The molecule has 464 valence electrons. The van der Waals surface area contributed by atoms with Crippen LogP contribution in [0.15, 0.2) is 0 Å². The van der Waals surface area contributed by atoms with Crippen molar-refractivity contribution in [3.8, 4) is 0 Å². The van der Waals surface area contributed by atoms with Gasteiger partial charge >= 0.3 is 11.9 Å². The van der Waals surface area contributed by atoms with Gasteiger partial charge in [-0.15, -0.1) is 0 Å². The summed E-state index contributed by atoms with van der Waals surface area (Å²) < 4.78 is 5.83. The molecule has 1 fully saturated rings. The number of carboxylic acid groups (broad SMARTS) is 1. The summed E-state index contributed by atoms with van der Waals surface area (Å²) >= 11 is 0. The summed E-state index contributed by atoms with van der Waals surface area (Å²) in [4.78, 5) is 152. The predicted molar refractivity (Wildman–Crippen MR) is 300 cm³/mol. The highest BCUT2D eigenvalue weighted by atomic mass is 16.5. The molecule has 0 aromatic heterocycles. The number of hydrogen-bond donors (Lipinski definition) is 13. The number of aliphatic hydroxyl groups is 3. The van der Waals surface area contributed by atoms with Crippen LogP contribution >= 0.6 is 0 Å². The van der Waals surface area contributed by atoms with Crippen LogP contribution in [0.25, 0.3) is 0 Å². The van der Waals surface area contributed by atoms with Gasteiger partial charge in [-0.2, -0.15) is 0 Å². The van der Waals surface area contributed by atoms with Crippen LogP contribution in [-0.4, -0.2) is 165 Å². The zero-order valence-corrected chi connectivity index (χ0v) is 49.9. The first-order chi connectivity index (χ1) is 38.0. The van der Waals surface area contributed by atoms with E-state index in [1.165, 1.54) is 6.92 Å². The number of rotatable bonds is 29. The predicted octanol–water partition coefficient (Wildman–Crippen LogP) is 0.876. The van der Waals surface area contributed by atoms with E-state index in [0.29, 0.717) is 12.8 Å². The minimum Gasteiger partial charge on any atom is -0.481 e. The summed E-state index contributed by atoms with van der Waals surface area (Å²) in [6.07, 6.45) is 3.49. The first-order valence-electron chi connectivity index (χ1n) is 29.0. The Balaban J connectivity index is 3.93. The van der Waals surface area contributed by atoms with E-state index in [9.17, 15) is 73.2 Å². The van der Waals surface area contributed by atoms with Gasteiger partial charge in [0.2, 0.25) is 53.2 Å². The number of cyclic esters (lactones) is 1. The number of nitrogens with one attached hydrogen (secondary N) is 9. The lowest BCUT2D eigenvalue weighted by Gasteiger charge is -2.32. The van der Waals surface area contributed by atoms with Gasteiger partial charge in [-0.1, -0.05) is 128 Å². The average Bonchev–Trinajstić information content (AvgIpc) is 3.41. The number of carboxylic acids is 1. The van der Waals surface area contributed by atoms with Crippen molar-refractivity contribution >= 4 is 65.1 Å². The molecular weight excluding hydrogens is 1050 g/mol. The highest BCUT2D eigenvalue weighted by molar-refractivity contribution is 5.99. The molecule has 25 heteroatoms. The van der Waals surface area contributed by atoms with Crippen LogP contribution in [0.1, 0.15) is 179 Å². The number of esters is 1. The first-order valence-corrected chi connectivity index (χ1v) is 29.0. The normalized spacial score (nSPS) is 23.7. The van der Waals surface area contributed by atoms with Gasteiger partial charge in [-0.3, -0.25) is 47.9 Å². The molecule has 0 radical (unpaired) electrons. The van der Waals surface area contributed by atoms with Crippen molar-refractivity contribution in [2.45, 2.75) is 246 Å². The molecule has 9 amide bonds. The third kappa shape index (κ3) is 27.6. The van der Waals surface area contributed by atoms with Crippen LogP contribution in [0.3, 0.4) is 0 Å². The maximum atomic E-state index is 14.7. The molecule has 0 aromatic carbocycles. The highest BCUT2D eigenvalue weighted by Gasteiger charge is 2.40. The van der Waals surface area contributed by atoms with E-state index in [-0.39, 0.29) is 49.9 Å². The summed E-state index contributed by atoms with van der Waals surface area (Å²) in [5.74, 6) is -13.4. The summed E-state index contributed by atoms with van der Waals surface area (Å²) in [6, 6.07) is -14.1. The number of ether oxygens (including phenoxy) is 1. The average molecular weight is 1150 g/mol. The third-order valence-electron chi connectivity index (χ3n) is 13.9. The van der Waals surface area contributed by atoms with Gasteiger partial charge in [0.15, 0.2) is 0 Å². The lowest BCUT2D eigenvalue weighted by atomic mass is 9.98. The molecule has 0 saturated carbocycles. The lowest BCUT2D eigenvalue weighted by Crippen LogP contribution is -2.64. The second kappa shape index (κ2) is 37.9. The molecule has 1 aliphatic heterocycles. The quantitative estimate of drug-likeness (QED) is 0.0365. The minimum absolute atomic E-state index is 0.00994. The number of aliphatic hydroxyl groups excluding tert-OH is 3. The summed E-state index contributed by atoms with van der Waals surface area (Å²) in [6.45, 7) is 18.3. The zero-order chi connectivity index (χ0) is 61.7. The van der Waals surface area contributed by atoms with Crippen molar-refractivity contribution < 1.29 is 77.9 Å². The maximum Gasteiger partial charge on any atom is 0.329 e. The Kier molecular flexibility index (Phi) is 34.2. The first kappa shape index (κ1) is 73.1. The molecular formula is C56H99N9O16. The molecule has 1 rings (SSSR count). The van der Waals surface area contributed by atoms with Gasteiger partial charge in [0, 0.05) is 6.42 Å². The second-order valence-corrected chi connectivity index (χ2v) is 23.1. The Hall–Kier alpha value is -5.95. The monoisotopic (exact) mass is 1150 g/mol. The van der Waals surface area contributed by atoms with Gasteiger partial charge < -0.3 is 73.0 Å². The topological polar surface area (TPSA) is 386 Å². The molecule has 0 aromatic rings. The standard InChI is InChI=1S/C56H99N9O16/c1-13-15-16-17-18-19-20-21-36(68)27-43(69)57-38(24-30(3)4)49(73)58-37(22-23-44(70)71)48(72)65-47-35(12)81-56(80)46(34(11)14-2)64-53(77)42(29-67)62-50(74)39(25-31(5)6)59-52(76)41(28-66)61-51(75)40(26-32(7)8)60-54(78)45(33(9)10)63-55(47)79/h30-42,45-47,66-68H,13-29H2,1-12H3,(H,57,69)(H,58,73)(H,59,76)(H,60,78)(H,61,75)(H,62,74)(H,63,79)(H,64,77)(H,65,72)(H,70,71)/t34-,35+,36+,37+,38-,39-,40-,41+,42+,45+,46-,47+/m0/s1. The van der Waals surface area contributed by atoms with Crippen molar-refractivity contribution in [2.75, 3.05) is 13.2 Å². The molecule has 25 nitrogen and oxygen atoms in total. The molecule has 1 aliphatic rings. The van der Waals surface area contributed by atoms with E-state index >= 15 is 0 Å². The van der Waals surface area contributed by atoms with E-state index in [4.69, 9.17) is 4.74 Å². The molecule has 13 N–H and O–H groups in total. The van der Waals surface area contributed by atoms with Crippen molar-refractivity contribution in [1.29, 1.82) is 0 Å². The molecule has 0 spiro atoms. The maximum absolute atomic E-state index is 14.7. The van der Waals surface area contributed by atoms with Gasteiger partial charge in [-0.05, 0) is 68.6 Å². The van der Waals surface area contributed by atoms with Crippen molar-refractivity contribution in [3.63, 3.8) is 0 Å². The van der Waals surface area contributed by atoms with E-state index < -0.39 is 170 Å². The van der Waals surface area contributed by atoms with E-state index in [1.54, 1.807) is 69.2 Å². The largest absolute Gasteiger partial charge is 0.481 e. The Morgan fingerprint density at radius 1 is 0.568 bits per heavy atom. The Labute approximate surface area is 478 Å². The molecule has 81 heavy (non-hydrogen) atoms. The molecule has 0 bridgehead atoms. The van der Waals surface area contributed by atoms with Gasteiger partial charge in [0.05, 0.1) is 25.7 Å². The number of amides is 9. The fourth-order valence-electron chi connectivity index (χ4n) is 8.97. The fraction of sp³-hybridized carbons (Fsp3) is 0.804. The van der Waals surface area contributed by atoms with Gasteiger partial charge in [0.1, 0.15) is 60.5 Å². The summed E-state index contributed by atoms with van der Waals surface area (Å²) in [5, 5.41) is 63.7. The van der Waals surface area contributed by atoms with Crippen molar-refractivity contribution in [1.82, 2.24) is 47.9 Å². The van der Waals surface area contributed by atoms with E-state index in [1.807, 2.05) is 0 Å². The van der Waals surface area contributed by atoms with Gasteiger partial charge in [0.25, 0.3) is 0 Å². The Bertz CT molecular complexity index is 2060. The number of hydrogen-bond acceptors (Lipinski definition) is 15. The number of carbonyl (C=O) groups excluding carboxylic acids is 10. The summed E-state index contributed by atoms with van der Waals surface area (Å²) in [7, 11) is 0. The van der Waals surface area contributed by atoms with Crippen molar-refractivity contribution in [2.24, 2.45) is 29.6 Å². The van der Waals surface area contributed by atoms with Gasteiger partial charge in [-0.25, -0.2) is 4.79 Å². The minimum atomic E-state index is -1.95. The SMILES string of the molecule is CCCCCCCCC[C@@H](O)CC(=O)N[C@@H](CC(C)C)C(=O)N[C@H](CCC(=O)O)C(=O)N[C@H]1C(=O)N[C@H](C(C)C)C(=O)N[C@@H](CC(C)C)C(=O)N[C@H](CO)C(=O)N[C@@H](CC(C)C)C(=O)N[C@H](CO)C(=O)N[C@@H]([C@@H](C)CC)C(=O)O[C@@H]1C. The van der Waals surface area contributed by atoms with Crippen LogP contribution in [0.5, 0.6) is 0 Å². The van der Waals surface area contributed by atoms with Crippen LogP contribution < -0.4 is 47.9 Å². The third-order valence-corrected chi connectivity index (χ3v) is 13.9. The Morgan fingerprint density at radius 3 is 1.53 bits per heavy atom. The molecule has 0 aliphatic carbocycles.